The Morgan fingerprint density at radius 2 is 1.78 bits per heavy atom. The van der Waals surface area contributed by atoms with E-state index in [1.54, 1.807) is 12.1 Å². The molecule has 0 N–H and O–H groups in total. The molecular formula is C23H22F3N3O2S. The Morgan fingerprint density at radius 3 is 2.50 bits per heavy atom. The first-order chi connectivity index (χ1) is 15.3. The van der Waals surface area contributed by atoms with E-state index in [0.29, 0.717) is 54.3 Å². The quantitative estimate of drug-likeness (QED) is 0.607. The predicted molar refractivity (Wildman–Crippen MR) is 121 cm³/mol. The molecule has 2 aromatic carbocycles. The second kappa shape index (κ2) is 9.28. The fourth-order valence-corrected chi connectivity index (χ4v) is 4.55. The summed E-state index contributed by atoms with van der Waals surface area (Å²) in [7, 11) is 0. The lowest BCUT2D eigenvalue weighted by atomic mass is 10.1. The molecule has 2 heterocycles. The van der Waals surface area contributed by atoms with Crippen LogP contribution in [0.5, 0.6) is 5.75 Å². The third-order valence-electron chi connectivity index (χ3n) is 5.20. The highest BCUT2D eigenvalue weighted by molar-refractivity contribution is 8.18. The van der Waals surface area contributed by atoms with Gasteiger partial charge >= 0.3 is 6.18 Å². The molecule has 0 radical (unpaired) electrons. The van der Waals surface area contributed by atoms with Gasteiger partial charge in [-0.15, -0.1) is 0 Å². The van der Waals surface area contributed by atoms with E-state index in [1.807, 2.05) is 41.0 Å². The van der Waals surface area contributed by atoms with Crippen LogP contribution in [0.15, 0.2) is 58.4 Å². The maximum Gasteiger partial charge on any atom is 0.416 e. The number of carbonyl (C=O) groups is 1. The van der Waals surface area contributed by atoms with Gasteiger partial charge in [0.05, 0.1) is 17.1 Å². The van der Waals surface area contributed by atoms with Crippen LogP contribution in [0.3, 0.4) is 0 Å². The van der Waals surface area contributed by atoms with Crippen LogP contribution in [0.4, 0.5) is 18.9 Å². The molecule has 1 saturated heterocycles. The third kappa shape index (κ3) is 4.93. The number of amides is 1. The van der Waals surface area contributed by atoms with Crippen molar-refractivity contribution in [1.29, 1.82) is 0 Å². The van der Waals surface area contributed by atoms with Crippen LogP contribution in [0.1, 0.15) is 18.1 Å². The van der Waals surface area contributed by atoms with E-state index in [1.165, 1.54) is 23.9 Å². The molecule has 0 saturated carbocycles. The van der Waals surface area contributed by atoms with Crippen molar-refractivity contribution in [2.24, 2.45) is 4.99 Å². The number of rotatable bonds is 4. The predicted octanol–water partition coefficient (Wildman–Crippen LogP) is 4.90. The monoisotopic (exact) mass is 461 g/mol. The lowest BCUT2D eigenvalue weighted by Gasteiger charge is -2.36. The summed E-state index contributed by atoms with van der Waals surface area (Å²) in [6.07, 6.45) is -2.58. The summed E-state index contributed by atoms with van der Waals surface area (Å²) >= 11 is 1.31. The zero-order chi connectivity index (χ0) is 22.7. The van der Waals surface area contributed by atoms with E-state index >= 15 is 0 Å². The topological polar surface area (TPSA) is 45.1 Å². The molecule has 2 aliphatic heterocycles. The molecule has 5 nitrogen and oxygen atoms in total. The summed E-state index contributed by atoms with van der Waals surface area (Å²) < 4.78 is 44.6. The number of aliphatic imine (C=N–C) groups is 1. The van der Waals surface area contributed by atoms with Crippen molar-refractivity contribution in [2.75, 3.05) is 37.7 Å². The van der Waals surface area contributed by atoms with Gasteiger partial charge in [-0.3, -0.25) is 4.79 Å². The van der Waals surface area contributed by atoms with Gasteiger partial charge in [0.2, 0.25) is 0 Å². The van der Waals surface area contributed by atoms with E-state index in [9.17, 15) is 18.0 Å². The molecule has 0 aliphatic carbocycles. The molecule has 9 heteroatoms. The second-order valence-electron chi connectivity index (χ2n) is 7.30. The molecule has 32 heavy (non-hydrogen) atoms. The number of nitrogens with zero attached hydrogens (tertiary/aromatic N) is 3. The van der Waals surface area contributed by atoms with Gasteiger partial charge < -0.3 is 14.5 Å². The Labute approximate surface area is 188 Å². The first-order valence-electron chi connectivity index (χ1n) is 10.3. The standard InChI is InChI=1S/C23H22F3N3O2S/c1-2-31-19-9-4-3-6-16(19)14-20-21(30)27-22(32-20)29-12-10-28(11-13-29)18-8-5-7-17(15-18)23(24,25)26/h3-9,14-15H,2,10-13H2,1H3/b20-14+. The Hall–Kier alpha value is -2.94. The first kappa shape index (κ1) is 22.3. The number of anilines is 1. The van der Waals surface area contributed by atoms with Gasteiger partial charge in [-0.2, -0.15) is 18.2 Å². The molecule has 1 amide bonds. The Bertz CT molecular complexity index is 1060. The number of alkyl halides is 3. The Morgan fingerprint density at radius 1 is 1.06 bits per heavy atom. The van der Waals surface area contributed by atoms with Gasteiger partial charge in [0, 0.05) is 37.4 Å². The number of halogens is 3. The molecular weight excluding hydrogens is 439 g/mol. The second-order valence-corrected chi connectivity index (χ2v) is 8.31. The fourth-order valence-electron chi connectivity index (χ4n) is 3.60. The number of amidine groups is 1. The van der Waals surface area contributed by atoms with Crippen LogP contribution >= 0.6 is 11.8 Å². The van der Waals surface area contributed by atoms with Crippen LogP contribution < -0.4 is 9.64 Å². The average Bonchev–Trinajstić information content (AvgIpc) is 3.15. The Balaban J connectivity index is 1.41. The lowest BCUT2D eigenvalue weighted by molar-refractivity contribution is -0.137. The average molecular weight is 462 g/mol. The van der Waals surface area contributed by atoms with Gasteiger partial charge in [-0.1, -0.05) is 24.3 Å². The van der Waals surface area contributed by atoms with Crippen LogP contribution in [0.25, 0.3) is 6.08 Å². The van der Waals surface area contributed by atoms with Gasteiger partial charge in [-0.05, 0) is 49.0 Å². The maximum absolute atomic E-state index is 13.0. The van der Waals surface area contributed by atoms with Crippen molar-refractivity contribution in [1.82, 2.24) is 4.90 Å². The number of carbonyl (C=O) groups excluding carboxylic acids is 1. The van der Waals surface area contributed by atoms with E-state index in [-0.39, 0.29) is 5.91 Å². The highest BCUT2D eigenvalue weighted by Gasteiger charge is 2.32. The summed E-state index contributed by atoms with van der Waals surface area (Å²) in [4.78, 5) is 21.1. The minimum atomic E-state index is -4.36. The molecule has 0 atom stereocenters. The molecule has 168 valence electrons. The molecule has 0 aromatic heterocycles. The van der Waals surface area contributed by atoms with E-state index in [4.69, 9.17) is 4.74 Å². The van der Waals surface area contributed by atoms with Crippen LogP contribution in [0.2, 0.25) is 0 Å². The summed E-state index contributed by atoms with van der Waals surface area (Å²) in [5.74, 6) is 0.413. The van der Waals surface area contributed by atoms with Crippen molar-refractivity contribution < 1.29 is 22.7 Å². The lowest BCUT2D eigenvalue weighted by Crippen LogP contribution is -2.47. The molecule has 0 bridgehead atoms. The minimum absolute atomic E-state index is 0.295. The first-order valence-corrected chi connectivity index (χ1v) is 11.1. The molecule has 0 spiro atoms. The van der Waals surface area contributed by atoms with E-state index in [0.717, 1.165) is 11.6 Å². The molecule has 2 aliphatic rings. The SMILES string of the molecule is CCOc1ccccc1/C=C1/SC(N2CCN(c3cccc(C(F)(F)F)c3)CC2)=NC1=O. The van der Waals surface area contributed by atoms with Gasteiger partial charge in [0.25, 0.3) is 5.91 Å². The molecule has 4 rings (SSSR count). The summed E-state index contributed by atoms with van der Waals surface area (Å²) in [5.41, 5.74) is 0.710. The van der Waals surface area contributed by atoms with Crippen LogP contribution in [-0.4, -0.2) is 48.8 Å². The number of piperazine rings is 1. The molecule has 0 unspecified atom stereocenters. The highest BCUT2D eigenvalue weighted by Crippen LogP contribution is 2.34. The minimum Gasteiger partial charge on any atom is -0.493 e. The smallest absolute Gasteiger partial charge is 0.416 e. The fraction of sp³-hybridized carbons (Fsp3) is 0.304. The zero-order valence-corrected chi connectivity index (χ0v) is 18.2. The summed E-state index contributed by atoms with van der Waals surface area (Å²) in [5, 5.41) is 0.624. The number of hydrogen-bond donors (Lipinski definition) is 0. The van der Waals surface area contributed by atoms with Crippen molar-refractivity contribution >= 4 is 34.6 Å². The number of thioether (sulfide) groups is 1. The van der Waals surface area contributed by atoms with Crippen LogP contribution in [0, 0.1) is 0 Å². The van der Waals surface area contributed by atoms with Gasteiger partial charge in [0.1, 0.15) is 5.75 Å². The van der Waals surface area contributed by atoms with Crippen molar-refractivity contribution in [2.45, 2.75) is 13.1 Å². The number of hydrogen-bond acceptors (Lipinski definition) is 5. The molecule has 2 aromatic rings. The van der Waals surface area contributed by atoms with E-state index < -0.39 is 11.7 Å². The highest BCUT2D eigenvalue weighted by atomic mass is 32.2. The zero-order valence-electron chi connectivity index (χ0n) is 17.4. The summed E-state index contributed by atoms with van der Waals surface area (Å²) in [6.45, 7) is 4.65. The molecule has 1 fully saturated rings. The maximum atomic E-state index is 13.0. The third-order valence-corrected chi connectivity index (χ3v) is 6.25. The van der Waals surface area contributed by atoms with Crippen molar-refractivity contribution in [3.05, 3.63) is 64.6 Å². The number of benzene rings is 2. The van der Waals surface area contributed by atoms with Crippen molar-refractivity contribution in [3.63, 3.8) is 0 Å². The number of para-hydroxylation sites is 1. The van der Waals surface area contributed by atoms with E-state index in [2.05, 4.69) is 4.99 Å². The summed E-state index contributed by atoms with van der Waals surface area (Å²) in [6, 6.07) is 12.9. The largest absolute Gasteiger partial charge is 0.493 e. The number of ether oxygens (including phenoxy) is 1. The van der Waals surface area contributed by atoms with Gasteiger partial charge in [0.15, 0.2) is 5.17 Å². The van der Waals surface area contributed by atoms with Gasteiger partial charge in [-0.25, -0.2) is 0 Å². The normalized spacial score (nSPS) is 18.3. The van der Waals surface area contributed by atoms with Crippen molar-refractivity contribution in [3.8, 4) is 5.75 Å². The Kier molecular flexibility index (Phi) is 6.45. The van der Waals surface area contributed by atoms with Crippen LogP contribution in [-0.2, 0) is 11.0 Å².